The van der Waals surface area contributed by atoms with Crippen LogP contribution < -0.4 is 0 Å². The number of esters is 1. The summed E-state index contributed by atoms with van der Waals surface area (Å²) < 4.78 is 4.63. The lowest BCUT2D eigenvalue weighted by molar-refractivity contribution is -0.143. The van der Waals surface area contributed by atoms with E-state index in [0.717, 1.165) is 0 Å². The van der Waals surface area contributed by atoms with Crippen LogP contribution in [0.25, 0.3) is 5.53 Å². The predicted octanol–water partition coefficient (Wildman–Crippen LogP) is 0.590. The Labute approximate surface area is 76.3 Å². The summed E-state index contributed by atoms with van der Waals surface area (Å²) in [6.07, 6.45) is 0.178. The first-order chi connectivity index (χ1) is 6.11. The molecule has 5 nitrogen and oxygen atoms in total. The van der Waals surface area contributed by atoms with Crippen molar-refractivity contribution >= 4 is 17.5 Å². The van der Waals surface area contributed by atoms with Gasteiger partial charge in [0, 0.05) is 6.92 Å². The first-order valence-corrected chi connectivity index (χ1v) is 3.99. The number of ether oxygens (including phenoxy) is 1. The number of Topliss-reactive ketones (excluding diaryl/α,β-unsaturated/α-hetero) is 1. The van der Waals surface area contributed by atoms with E-state index < -0.39 is 5.97 Å². The topological polar surface area (TPSA) is 79.8 Å². The van der Waals surface area contributed by atoms with Gasteiger partial charge in [-0.25, -0.2) is 0 Å². The molecule has 0 N–H and O–H groups in total. The summed E-state index contributed by atoms with van der Waals surface area (Å²) in [5.41, 5.74) is 8.35. The summed E-state index contributed by atoms with van der Waals surface area (Å²) in [4.78, 5) is 24.3. The molecule has 0 atom stereocenters. The number of ketones is 1. The molecule has 0 heterocycles. The van der Waals surface area contributed by atoms with Crippen LogP contribution in [0.3, 0.4) is 0 Å². The van der Waals surface area contributed by atoms with Gasteiger partial charge in [0.25, 0.3) is 0 Å². The Morgan fingerprint density at radius 3 is 2.38 bits per heavy atom. The van der Waals surface area contributed by atoms with Crippen LogP contribution in [0.4, 0.5) is 0 Å². The summed E-state index contributed by atoms with van der Waals surface area (Å²) in [6, 6.07) is 0. The van der Waals surface area contributed by atoms with E-state index in [2.05, 4.69) is 9.53 Å². The van der Waals surface area contributed by atoms with Gasteiger partial charge in [0.05, 0.1) is 19.4 Å². The van der Waals surface area contributed by atoms with Gasteiger partial charge < -0.3 is 10.3 Å². The average molecular weight is 184 g/mol. The maximum absolute atomic E-state index is 10.8. The fraction of sp³-hybridized carbons (Fsp3) is 0.625. The van der Waals surface area contributed by atoms with Gasteiger partial charge in [-0.3, -0.25) is 9.59 Å². The molecule has 0 saturated carbocycles. The Morgan fingerprint density at radius 1 is 1.38 bits per heavy atom. The molecule has 0 aliphatic heterocycles. The molecule has 0 aromatic carbocycles. The molecule has 13 heavy (non-hydrogen) atoms. The van der Waals surface area contributed by atoms with Crippen LogP contribution >= 0.6 is 0 Å². The number of carbonyl (C=O) groups is 2. The van der Waals surface area contributed by atoms with Crippen molar-refractivity contribution in [2.45, 2.75) is 26.7 Å². The lowest BCUT2D eigenvalue weighted by Gasteiger charge is -1.97. The minimum absolute atomic E-state index is 0.00643. The van der Waals surface area contributed by atoms with Gasteiger partial charge in [0.15, 0.2) is 0 Å². The molecular formula is C8H12N2O3. The molecule has 0 radical (unpaired) electrons. The molecule has 0 aromatic heterocycles. The number of carbonyl (C=O) groups excluding carboxylic acids is 2. The molecule has 0 aromatic rings. The Bertz CT molecular complexity index is 254. The van der Waals surface area contributed by atoms with Gasteiger partial charge in [0.1, 0.15) is 0 Å². The first kappa shape index (κ1) is 11.5. The Hall–Kier alpha value is -1.48. The van der Waals surface area contributed by atoms with Crippen molar-refractivity contribution in [3.8, 4) is 0 Å². The van der Waals surface area contributed by atoms with Gasteiger partial charge >= 0.3 is 11.7 Å². The molecular weight excluding hydrogens is 172 g/mol. The molecule has 0 unspecified atom stereocenters. The monoisotopic (exact) mass is 184 g/mol. The number of nitrogens with zero attached hydrogens (tertiary/aromatic N) is 2. The molecule has 0 aliphatic rings. The Kier molecular flexibility index (Phi) is 5.39. The molecule has 72 valence electrons. The first-order valence-electron chi connectivity index (χ1n) is 3.99. The standard InChI is InChI=1S/C8H12N2O3/c1-3-13-8(12)5-4-7(10-9)6(2)11/h3-5H2,1-2H3. The van der Waals surface area contributed by atoms with E-state index in [1.165, 1.54) is 6.92 Å². The van der Waals surface area contributed by atoms with Crippen LogP contribution in [-0.4, -0.2) is 28.9 Å². The van der Waals surface area contributed by atoms with E-state index in [1.54, 1.807) is 6.92 Å². The van der Waals surface area contributed by atoms with Crippen LogP contribution in [-0.2, 0) is 14.3 Å². The zero-order chi connectivity index (χ0) is 10.3. The number of rotatable bonds is 5. The van der Waals surface area contributed by atoms with Crippen LogP contribution in [0.15, 0.2) is 0 Å². The third kappa shape index (κ3) is 4.87. The molecule has 0 bridgehead atoms. The van der Waals surface area contributed by atoms with E-state index in [0.29, 0.717) is 6.61 Å². The van der Waals surface area contributed by atoms with E-state index >= 15 is 0 Å². The SMILES string of the molecule is CCOC(=O)CCC(=[N+]=[N-])C(C)=O. The smallest absolute Gasteiger partial charge is 0.334 e. The van der Waals surface area contributed by atoms with E-state index in [9.17, 15) is 9.59 Å². The Balaban J connectivity index is 3.94. The van der Waals surface area contributed by atoms with E-state index in [1.807, 2.05) is 0 Å². The van der Waals surface area contributed by atoms with Crippen molar-refractivity contribution < 1.29 is 19.1 Å². The van der Waals surface area contributed by atoms with Crippen molar-refractivity contribution in [3.05, 3.63) is 5.53 Å². The Morgan fingerprint density at radius 2 is 2.00 bits per heavy atom. The largest absolute Gasteiger partial charge is 0.466 e. The maximum Gasteiger partial charge on any atom is 0.334 e. The van der Waals surface area contributed by atoms with Crippen molar-refractivity contribution in [2.24, 2.45) is 0 Å². The summed E-state index contributed by atoms with van der Waals surface area (Å²) >= 11 is 0. The maximum atomic E-state index is 10.8. The van der Waals surface area contributed by atoms with Crippen molar-refractivity contribution in [1.29, 1.82) is 0 Å². The van der Waals surface area contributed by atoms with Crippen LogP contribution in [0.2, 0.25) is 0 Å². The normalized spacial score (nSPS) is 8.77. The predicted molar refractivity (Wildman–Crippen MR) is 45.2 cm³/mol. The second kappa shape index (κ2) is 6.08. The zero-order valence-corrected chi connectivity index (χ0v) is 7.74. The quantitative estimate of drug-likeness (QED) is 0.271. The minimum atomic E-state index is -0.398. The fourth-order valence-corrected chi connectivity index (χ4v) is 0.750. The molecule has 0 saturated heterocycles. The molecule has 5 heteroatoms. The number of hydrogen-bond donors (Lipinski definition) is 0. The molecule has 0 spiro atoms. The van der Waals surface area contributed by atoms with Gasteiger partial charge in [-0.2, -0.15) is 4.79 Å². The van der Waals surface area contributed by atoms with E-state index in [4.69, 9.17) is 5.53 Å². The van der Waals surface area contributed by atoms with Crippen LogP contribution in [0.1, 0.15) is 26.7 Å². The van der Waals surface area contributed by atoms with Crippen molar-refractivity contribution in [1.82, 2.24) is 0 Å². The summed E-state index contributed by atoms with van der Waals surface area (Å²) in [7, 11) is 0. The van der Waals surface area contributed by atoms with Gasteiger partial charge in [-0.05, 0) is 6.92 Å². The van der Waals surface area contributed by atoms with E-state index in [-0.39, 0.29) is 24.3 Å². The summed E-state index contributed by atoms with van der Waals surface area (Å²) in [5, 5.41) is 0. The van der Waals surface area contributed by atoms with Gasteiger partial charge in [-0.1, -0.05) is 0 Å². The van der Waals surface area contributed by atoms with Gasteiger partial charge in [-0.15, -0.1) is 0 Å². The van der Waals surface area contributed by atoms with Crippen molar-refractivity contribution in [3.63, 3.8) is 0 Å². The lowest BCUT2D eigenvalue weighted by atomic mass is 10.1. The fourth-order valence-electron chi connectivity index (χ4n) is 0.750. The highest BCUT2D eigenvalue weighted by Gasteiger charge is 2.16. The third-order valence-corrected chi connectivity index (χ3v) is 1.40. The second-order valence-corrected chi connectivity index (χ2v) is 2.41. The van der Waals surface area contributed by atoms with Gasteiger partial charge in [0.2, 0.25) is 5.78 Å². The van der Waals surface area contributed by atoms with Crippen LogP contribution in [0.5, 0.6) is 0 Å². The minimum Gasteiger partial charge on any atom is -0.466 e. The lowest BCUT2D eigenvalue weighted by Crippen LogP contribution is -2.14. The second-order valence-electron chi connectivity index (χ2n) is 2.41. The molecule has 0 rings (SSSR count). The van der Waals surface area contributed by atoms with Crippen molar-refractivity contribution in [2.75, 3.05) is 6.61 Å². The molecule has 0 amide bonds. The number of hydrogen-bond acceptors (Lipinski definition) is 3. The summed E-state index contributed by atoms with van der Waals surface area (Å²) in [6.45, 7) is 3.29. The summed E-state index contributed by atoms with van der Waals surface area (Å²) in [5.74, 6) is -0.739. The highest BCUT2D eigenvalue weighted by Crippen LogP contribution is 1.95. The van der Waals surface area contributed by atoms with Crippen LogP contribution in [0, 0.1) is 0 Å². The average Bonchev–Trinajstić information content (AvgIpc) is 2.05. The third-order valence-electron chi connectivity index (χ3n) is 1.40. The highest BCUT2D eigenvalue weighted by atomic mass is 16.5. The molecule has 0 fully saturated rings. The highest BCUT2D eigenvalue weighted by molar-refractivity contribution is 6.36. The zero-order valence-electron chi connectivity index (χ0n) is 7.74. The molecule has 0 aliphatic carbocycles.